The smallest absolute Gasteiger partial charge is 0.137 e. The van der Waals surface area contributed by atoms with Crippen molar-refractivity contribution in [3.8, 4) is 6.07 Å². The first-order valence-electron chi connectivity index (χ1n) is 8.62. The van der Waals surface area contributed by atoms with Crippen LogP contribution in [0, 0.1) is 23.2 Å². The molecular weight excluding hydrogens is 284 g/mol. The third kappa shape index (κ3) is 3.44. The summed E-state index contributed by atoms with van der Waals surface area (Å²) in [6, 6.07) is 8.23. The Balaban J connectivity index is 1.74. The predicted octanol–water partition coefficient (Wildman–Crippen LogP) is 4.52. The molecule has 4 nitrogen and oxygen atoms in total. The molecule has 2 aromatic rings. The number of rotatable bonds is 4. The zero-order chi connectivity index (χ0) is 16.2. The Morgan fingerprint density at radius 2 is 2.04 bits per heavy atom. The lowest BCUT2D eigenvalue weighted by Gasteiger charge is -2.32. The lowest BCUT2D eigenvalue weighted by molar-refractivity contribution is 0.247. The highest BCUT2D eigenvalue weighted by atomic mass is 15.0. The molecule has 0 spiro atoms. The summed E-state index contributed by atoms with van der Waals surface area (Å²) >= 11 is 0. The van der Waals surface area contributed by atoms with Crippen LogP contribution in [0.4, 0.5) is 5.82 Å². The van der Waals surface area contributed by atoms with Crippen molar-refractivity contribution < 1.29 is 0 Å². The van der Waals surface area contributed by atoms with E-state index in [2.05, 4.69) is 35.2 Å². The first kappa shape index (κ1) is 15.7. The molecule has 1 heterocycles. The lowest BCUT2D eigenvalue weighted by atomic mass is 9.78. The van der Waals surface area contributed by atoms with Gasteiger partial charge in [0.25, 0.3) is 0 Å². The van der Waals surface area contributed by atoms with Crippen molar-refractivity contribution in [1.82, 2.24) is 9.97 Å². The van der Waals surface area contributed by atoms with Gasteiger partial charge >= 0.3 is 0 Å². The molecule has 0 amide bonds. The average molecular weight is 308 g/mol. The number of nitrogens with zero attached hydrogens (tertiary/aromatic N) is 3. The second-order valence-electron chi connectivity index (χ2n) is 6.71. The van der Waals surface area contributed by atoms with E-state index in [1.54, 1.807) is 12.4 Å². The SMILES string of the molecule is CCC(C)C1CCC(Nc2ncnc3ccc(C#N)cc23)CC1. The summed E-state index contributed by atoms with van der Waals surface area (Å²) in [5.74, 6) is 2.55. The number of hydrogen-bond donors (Lipinski definition) is 1. The fraction of sp³-hybridized carbons (Fsp3) is 0.526. The summed E-state index contributed by atoms with van der Waals surface area (Å²) in [4.78, 5) is 8.71. The summed E-state index contributed by atoms with van der Waals surface area (Å²) in [5.41, 5.74) is 1.53. The quantitative estimate of drug-likeness (QED) is 0.902. The maximum absolute atomic E-state index is 9.10. The molecule has 1 N–H and O–H groups in total. The number of hydrogen-bond acceptors (Lipinski definition) is 4. The molecule has 1 atom stereocenters. The van der Waals surface area contributed by atoms with E-state index < -0.39 is 0 Å². The van der Waals surface area contributed by atoms with Crippen molar-refractivity contribution >= 4 is 16.7 Å². The highest BCUT2D eigenvalue weighted by Gasteiger charge is 2.24. The fourth-order valence-corrected chi connectivity index (χ4v) is 3.60. The van der Waals surface area contributed by atoms with E-state index in [9.17, 15) is 0 Å². The third-order valence-electron chi connectivity index (χ3n) is 5.33. The maximum Gasteiger partial charge on any atom is 0.137 e. The second-order valence-corrected chi connectivity index (χ2v) is 6.71. The normalized spacial score (nSPS) is 22.5. The highest BCUT2D eigenvalue weighted by molar-refractivity contribution is 5.89. The first-order valence-corrected chi connectivity index (χ1v) is 8.62. The van der Waals surface area contributed by atoms with Gasteiger partial charge in [-0.05, 0) is 55.7 Å². The van der Waals surface area contributed by atoms with Crippen molar-refractivity contribution in [2.24, 2.45) is 11.8 Å². The molecule has 0 saturated heterocycles. The summed E-state index contributed by atoms with van der Waals surface area (Å²) < 4.78 is 0. The van der Waals surface area contributed by atoms with Gasteiger partial charge < -0.3 is 5.32 Å². The summed E-state index contributed by atoms with van der Waals surface area (Å²) in [7, 11) is 0. The van der Waals surface area contributed by atoms with Gasteiger partial charge in [0.2, 0.25) is 0 Å². The zero-order valence-electron chi connectivity index (χ0n) is 13.9. The van der Waals surface area contributed by atoms with E-state index in [0.717, 1.165) is 28.6 Å². The molecule has 1 fully saturated rings. The molecule has 0 radical (unpaired) electrons. The van der Waals surface area contributed by atoms with Crippen LogP contribution in [0.2, 0.25) is 0 Å². The fourth-order valence-electron chi connectivity index (χ4n) is 3.60. The molecule has 3 rings (SSSR count). The van der Waals surface area contributed by atoms with Gasteiger partial charge in [-0.25, -0.2) is 9.97 Å². The van der Waals surface area contributed by atoms with Crippen molar-refractivity contribution in [3.05, 3.63) is 30.1 Å². The van der Waals surface area contributed by atoms with E-state index in [1.165, 1.54) is 32.1 Å². The number of aromatic nitrogens is 2. The number of anilines is 1. The van der Waals surface area contributed by atoms with Crippen LogP contribution in [-0.2, 0) is 0 Å². The average Bonchev–Trinajstić information content (AvgIpc) is 2.61. The van der Waals surface area contributed by atoms with Crippen molar-refractivity contribution in [2.45, 2.75) is 52.0 Å². The van der Waals surface area contributed by atoms with Crippen LogP contribution >= 0.6 is 0 Å². The van der Waals surface area contributed by atoms with Gasteiger partial charge in [0.15, 0.2) is 0 Å². The summed E-state index contributed by atoms with van der Waals surface area (Å²) in [6.45, 7) is 4.66. The van der Waals surface area contributed by atoms with Crippen LogP contribution in [-0.4, -0.2) is 16.0 Å². The topological polar surface area (TPSA) is 61.6 Å². The van der Waals surface area contributed by atoms with E-state index in [4.69, 9.17) is 5.26 Å². The van der Waals surface area contributed by atoms with Gasteiger partial charge in [-0.3, -0.25) is 0 Å². The Bertz CT molecular complexity index is 711. The van der Waals surface area contributed by atoms with E-state index >= 15 is 0 Å². The number of benzene rings is 1. The molecule has 1 aliphatic carbocycles. The van der Waals surface area contributed by atoms with Crippen LogP contribution in [0.25, 0.3) is 10.9 Å². The second kappa shape index (κ2) is 6.95. The zero-order valence-corrected chi connectivity index (χ0v) is 13.9. The van der Waals surface area contributed by atoms with Crippen LogP contribution in [0.5, 0.6) is 0 Å². The van der Waals surface area contributed by atoms with Gasteiger partial charge in [0.05, 0.1) is 17.1 Å². The molecular formula is C19H24N4. The molecule has 1 saturated carbocycles. The predicted molar refractivity (Wildman–Crippen MR) is 93.1 cm³/mol. The van der Waals surface area contributed by atoms with E-state index in [0.29, 0.717) is 11.6 Å². The van der Waals surface area contributed by atoms with E-state index in [1.807, 2.05) is 12.1 Å². The Morgan fingerprint density at radius 3 is 2.74 bits per heavy atom. The van der Waals surface area contributed by atoms with Crippen LogP contribution in [0.1, 0.15) is 51.5 Å². The Hall–Kier alpha value is -2.15. The number of nitrogens with one attached hydrogen (secondary N) is 1. The summed E-state index contributed by atoms with van der Waals surface area (Å²) in [6.07, 6.45) is 7.84. The van der Waals surface area contributed by atoms with Crippen LogP contribution < -0.4 is 5.32 Å². The van der Waals surface area contributed by atoms with Crippen LogP contribution in [0.3, 0.4) is 0 Å². The minimum absolute atomic E-state index is 0.471. The van der Waals surface area contributed by atoms with Crippen LogP contribution in [0.15, 0.2) is 24.5 Å². The van der Waals surface area contributed by atoms with E-state index in [-0.39, 0.29) is 0 Å². The maximum atomic E-state index is 9.10. The largest absolute Gasteiger partial charge is 0.367 e. The highest BCUT2D eigenvalue weighted by Crippen LogP contribution is 2.33. The molecule has 1 aliphatic rings. The number of fused-ring (bicyclic) bond motifs is 1. The first-order chi connectivity index (χ1) is 11.2. The lowest BCUT2D eigenvalue weighted by Crippen LogP contribution is -2.28. The standard InChI is InChI=1S/C19H24N4/c1-3-13(2)15-5-7-16(8-6-15)23-19-17-10-14(11-20)4-9-18(17)21-12-22-19/h4,9-10,12-13,15-16H,3,5-8H2,1-2H3,(H,21,22,23). The third-order valence-corrected chi connectivity index (χ3v) is 5.33. The van der Waals surface area contributed by atoms with Gasteiger partial charge in [-0.15, -0.1) is 0 Å². The van der Waals surface area contributed by atoms with Crippen molar-refractivity contribution in [2.75, 3.05) is 5.32 Å². The Kier molecular flexibility index (Phi) is 4.76. The molecule has 23 heavy (non-hydrogen) atoms. The number of nitriles is 1. The van der Waals surface area contributed by atoms with Crippen molar-refractivity contribution in [1.29, 1.82) is 5.26 Å². The molecule has 120 valence electrons. The van der Waals surface area contributed by atoms with Crippen molar-refractivity contribution in [3.63, 3.8) is 0 Å². The molecule has 1 aromatic heterocycles. The Morgan fingerprint density at radius 1 is 1.26 bits per heavy atom. The van der Waals surface area contributed by atoms with Gasteiger partial charge in [-0.2, -0.15) is 5.26 Å². The van der Waals surface area contributed by atoms with Gasteiger partial charge in [-0.1, -0.05) is 20.3 Å². The van der Waals surface area contributed by atoms with Gasteiger partial charge in [0.1, 0.15) is 12.1 Å². The minimum atomic E-state index is 0.471. The molecule has 0 bridgehead atoms. The van der Waals surface area contributed by atoms with Gasteiger partial charge in [0, 0.05) is 11.4 Å². The molecule has 4 heteroatoms. The minimum Gasteiger partial charge on any atom is -0.367 e. The molecule has 1 unspecified atom stereocenters. The Labute approximate surface area is 138 Å². The summed E-state index contributed by atoms with van der Waals surface area (Å²) in [5, 5.41) is 13.6. The molecule has 1 aromatic carbocycles. The molecule has 0 aliphatic heterocycles. The monoisotopic (exact) mass is 308 g/mol.